The van der Waals surface area contributed by atoms with Gasteiger partial charge in [-0.15, -0.1) is 0 Å². The lowest BCUT2D eigenvalue weighted by Crippen LogP contribution is -2.34. The van der Waals surface area contributed by atoms with Crippen LogP contribution in [0.5, 0.6) is 0 Å². The van der Waals surface area contributed by atoms with Crippen LogP contribution in [0.1, 0.15) is 44.9 Å². The SMILES string of the molecule is NCC1(CC2CCCCC2)CCS(=O)(=O)C1. The van der Waals surface area contributed by atoms with Crippen LogP contribution < -0.4 is 5.73 Å². The zero-order chi connectivity index (χ0) is 11.6. The number of hydrogen-bond acceptors (Lipinski definition) is 3. The normalized spacial score (nSPS) is 35.3. The molecule has 2 aliphatic rings. The molecule has 2 fully saturated rings. The van der Waals surface area contributed by atoms with Crippen molar-refractivity contribution in [2.45, 2.75) is 44.9 Å². The Kier molecular flexibility index (Phi) is 3.59. The van der Waals surface area contributed by atoms with E-state index in [9.17, 15) is 8.42 Å². The second-order valence-corrected chi connectivity index (χ2v) is 7.94. The molecule has 2 N–H and O–H groups in total. The first-order valence-electron chi connectivity index (χ1n) is 6.46. The van der Waals surface area contributed by atoms with Crippen LogP contribution in [0.2, 0.25) is 0 Å². The smallest absolute Gasteiger partial charge is 0.150 e. The van der Waals surface area contributed by atoms with E-state index in [1.807, 2.05) is 0 Å². The van der Waals surface area contributed by atoms with Gasteiger partial charge in [-0.1, -0.05) is 32.1 Å². The summed E-state index contributed by atoms with van der Waals surface area (Å²) in [6.07, 6.45) is 8.38. The lowest BCUT2D eigenvalue weighted by Gasteiger charge is -2.32. The third kappa shape index (κ3) is 2.77. The van der Waals surface area contributed by atoms with Crippen LogP contribution in [-0.4, -0.2) is 26.5 Å². The third-order valence-electron chi connectivity index (χ3n) is 4.35. The van der Waals surface area contributed by atoms with Gasteiger partial charge in [-0.2, -0.15) is 0 Å². The Hall–Kier alpha value is -0.0900. The first-order chi connectivity index (χ1) is 7.55. The molecule has 1 saturated heterocycles. The highest BCUT2D eigenvalue weighted by molar-refractivity contribution is 7.91. The third-order valence-corrected chi connectivity index (χ3v) is 6.23. The summed E-state index contributed by atoms with van der Waals surface area (Å²) in [5.74, 6) is 1.43. The predicted molar refractivity (Wildman–Crippen MR) is 66.0 cm³/mol. The summed E-state index contributed by atoms with van der Waals surface area (Å²) in [6, 6.07) is 0. The van der Waals surface area contributed by atoms with Gasteiger partial charge in [0.15, 0.2) is 9.84 Å². The van der Waals surface area contributed by atoms with Crippen LogP contribution >= 0.6 is 0 Å². The summed E-state index contributed by atoms with van der Waals surface area (Å²) in [5.41, 5.74) is 5.76. The molecular weight excluding hydrogens is 222 g/mol. The van der Waals surface area contributed by atoms with Gasteiger partial charge in [0.25, 0.3) is 0 Å². The van der Waals surface area contributed by atoms with Gasteiger partial charge in [0, 0.05) is 0 Å². The van der Waals surface area contributed by atoms with Gasteiger partial charge in [0.1, 0.15) is 0 Å². The number of rotatable bonds is 3. The summed E-state index contributed by atoms with van der Waals surface area (Å²) in [7, 11) is -2.80. The van der Waals surface area contributed by atoms with Gasteiger partial charge in [-0.3, -0.25) is 0 Å². The van der Waals surface area contributed by atoms with Crippen LogP contribution in [0.4, 0.5) is 0 Å². The standard InChI is InChI=1S/C12H23NO2S/c13-9-12(6-7-16(14,15)10-12)8-11-4-2-1-3-5-11/h11H,1-10,13H2. The minimum atomic E-state index is -2.80. The van der Waals surface area contributed by atoms with Crippen molar-refractivity contribution >= 4 is 9.84 Å². The largest absolute Gasteiger partial charge is 0.330 e. The summed E-state index contributed by atoms with van der Waals surface area (Å²) in [4.78, 5) is 0. The van der Waals surface area contributed by atoms with Crippen molar-refractivity contribution in [1.82, 2.24) is 0 Å². The van der Waals surface area contributed by atoms with Crippen molar-refractivity contribution < 1.29 is 8.42 Å². The zero-order valence-corrected chi connectivity index (χ0v) is 10.8. The Balaban J connectivity index is 1.99. The van der Waals surface area contributed by atoms with E-state index < -0.39 is 9.84 Å². The Labute approximate surface area is 98.7 Å². The Morgan fingerprint density at radius 1 is 1.19 bits per heavy atom. The van der Waals surface area contributed by atoms with E-state index in [2.05, 4.69) is 0 Å². The Morgan fingerprint density at radius 3 is 2.38 bits per heavy atom. The van der Waals surface area contributed by atoms with Crippen LogP contribution in [0.15, 0.2) is 0 Å². The minimum absolute atomic E-state index is 0.0825. The summed E-state index contributed by atoms with van der Waals surface area (Å²) < 4.78 is 23.2. The molecular formula is C12H23NO2S. The Morgan fingerprint density at radius 2 is 1.88 bits per heavy atom. The summed E-state index contributed by atoms with van der Waals surface area (Å²) in [6.45, 7) is 0.544. The highest BCUT2D eigenvalue weighted by Gasteiger charge is 2.42. The van der Waals surface area contributed by atoms with E-state index in [1.54, 1.807) is 0 Å². The minimum Gasteiger partial charge on any atom is -0.330 e. The van der Waals surface area contributed by atoms with Crippen LogP contribution in [0.25, 0.3) is 0 Å². The fourth-order valence-electron chi connectivity index (χ4n) is 3.39. The lowest BCUT2D eigenvalue weighted by molar-refractivity contribution is 0.215. The monoisotopic (exact) mass is 245 g/mol. The van der Waals surface area contributed by atoms with Crippen molar-refractivity contribution in [1.29, 1.82) is 0 Å². The van der Waals surface area contributed by atoms with Gasteiger partial charge in [0.2, 0.25) is 0 Å². The van der Waals surface area contributed by atoms with Crippen molar-refractivity contribution in [3.63, 3.8) is 0 Å². The van der Waals surface area contributed by atoms with E-state index in [-0.39, 0.29) is 5.41 Å². The second-order valence-electron chi connectivity index (χ2n) is 5.75. The topological polar surface area (TPSA) is 60.2 Å². The Bertz CT molecular complexity index is 333. The van der Waals surface area contributed by atoms with Crippen LogP contribution in [0.3, 0.4) is 0 Å². The van der Waals surface area contributed by atoms with Gasteiger partial charge in [-0.25, -0.2) is 8.42 Å². The molecule has 2 rings (SSSR count). The van der Waals surface area contributed by atoms with E-state index in [4.69, 9.17) is 5.73 Å². The molecule has 1 aliphatic heterocycles. The van der Waals surface area contributed by atoms with Gasteiger partial charge in [-0.05, 0) is 30.7 Å². The maximum Gasteiger partial charge on any atom is 0.150 e. The molecule has 3 nitrogen and oxygen atoms in total. The number of hydrogen-bond donors (Lipinski definition) is 1. The first kappa shape index (κ1) is 12.4. The van der Waals surface area contributed by atoms with Crippen LogP contribution in [0, 0.1) is 11.3 Å². The highest BCUT2D eigenvalue weighted by atomic mass is 32.2. The van der Waals surface area contributed by atoms with E-state index >= 15 is 0 Å². The molecule has 16 heavy (non-hydrogen) atoms. The van der Waals surface area contributed by atoms with Crippen LogP contribution in [-0.2, 0) is 9.84 Å². The predicted octanol–water partition coefficient (Wildman–Crippen LogP) is 1.72. The van der Waals surface area contributed by atoms with Gasteiger partial charge >= 0.3 is 0 Å². The molecule has 4 heteroatoms. The van der Waals surface area contributed by atoms with Gasteiger partial charge in [0.05, 0.1) is 11.5 Å². The van der Waals surface area contributed by atoms with Crippen molar-refractivity contribution in [3.8, 4) is 0 Å². The molecule has 94 valence electrons. The fourth-order valence-corrected chi connectivity index (χ4v) is 5.59. The van der Waals surface area contributed by atoms with Gasteiger partial charge < -0.3 is 5.73 Å². The summed E-state index contributed by atoms with van der Waals surface area (Å²) >= 11 is 0. The maximum atomic E-state index is 11.6. The molecule has 0 bridgehead atoms. The molecule has 1 heterocycles. The fraction of sp³-hybridized carbons (Fsp3) is 1.00. The quantitative estimate of drug-likeness (QED) is 0.823. The summed E-state index contributed by atoms with van der Waals surface area (Å²) in [5, 5.41) is 0. The average Bonchev–Trinajstić information content (AvgIpc) is 2.57. The van der Waals surface area contributed by atoms with E-state index in [0.29, 0.717) is 18.1 Å². The van der Waals surface area contributed by atoms with E-state index in [0.717, 1.165) is 18.8 Å². The molecule has 1 atom stereocenters. The molecule has 0 aromatic heterocycles. The lowest BCUT2D eigenvalue weighted by atomic mass is 9.74. The van der Waals surface area contributed by atoms with Crippen molar-refractivity contribution in [2.24, 2.45) is 17.1 Å². The van der Waals surface area contributed by atoms with E-state index in [1.165, 1.54) is 32.1 Å². The van der Waals surface area contributed by atoms with Crippen molar-refractivity contribution in [3.05, 3.63) is 0 Å². The highest BCUT2D eigenvalue weighted by Crippen LogP contribution is 2.41. The first-order valence-corrected chi connectivity index (χ1v) is 8.28. The molecule has 1 aliphatic carbocycles. The number of nitrogens with two attached hydrogens (primary N) is 1. The molecule has 1 unspecified atom stereocenters. The molecule has 0 aromatic carbocycles. The zero-order valence-electron chi connectivity index (χ0n) is 9.95. The van der Waals surface area contributed by atoms with Crippen molar-refractivity contribution in [2.75, 3.05) is 18.1 Å². The molecule has 0 spiro atoms. The number of sulfone groups is 1. The maximum absolute atomic E-state index is 11.6. The molecule has 0 amide bonds. The average molecular weight is 245 g/mol. The molecule has 0 aromatic rings. The second kappa shape index (κ2) is 4.65. The molecule has 1 saturated carbocycles. The molecule has 0 radical (unpaired) electrons.